The predicted molar refractivity (Wildman–Crippen MR) is 130 cm³/mol. The van der Waals surface area contributed by atoms with Gasteiger partial charge in [0.15, 0.2) is 23.0 Å². The Labute approximate surface area is 204 Å². The zero-order chi connectivity index (χ0) is 26.4. The second kappa shape index (κ2) is 14.7. The second-order valence-electron chi connectivity index (χ2n) is 6.45. The summed E-state index contributed by atoms with van der Waals surface area (Å²) in [6, 6.07) is 6.81. The Morgan fingerprint density at radius 2 is 0.943 bits per heavy atom. The summed E-state index contributed by atoms with van der Waals surface area (Å²) in [5.74, 6) is 1.57. The van der Waals surface area contributed by atoms with Crippen LogP contribution in [0.5, 0.6) is 34.5 Å². The first-order valence-electron chi connectivity index (χ1n) is 10.0. The third-order valence-corrected chi connectivity index (χ3v) is 4.41. The van der Waals surface area contributed by atoms with Crippen LogP contribution in [-0.2, 0) is 14.3 Å². The van der Waals surface area contributed by atoms with Crippen molar-refractivity contribution in [1.82, 2.24) is 0 Å². The van der Waals surface area contributed by atoms with Crippen LogP contribution in [0.4, 0.5) is 0 Å². The highest BCUT2D eigenvalue weighted by Gasteiger charge is 2.13. The molecule has 0 heterocycles. The highest BCUT2D eigenvalue weighted by Crippen LogP contribution is 2.39. The highest BCUT2D eigenvalue weighted by atomic mass is 16.5. The Kier molecular flexibility index (Phi) is 12.1. The molecule has 2 rings (SSSR count). The van der Waals surface area contributed by atoms with Gasteiger partial charge in [0.05, 0.1) is 49.8 Å². The van der Waals surface area contributed by atoms with Gasteiger partial charge in [-0.15, -0.1) is 0 Å². The molecule has 1 N–H and O–H groups in total. The minimum atomic E-state index is -1.02. The summed E-state index contributed by atoms with van der Waals surface area (Å²) in [6.07, 6.45) is 5.42. The first-order valence-corrected chi connectivity index (χ1v) is 10.0. The Balaban J connectivity index is 0.000000351. The van der Waals surface area contributed by atoms with Gasteiger partial charge < -0.3 is 38.3 Å². The van der Waals surface area contributed by atoms with E-state index in [-0.39, 0.29) is 0 Å². The predicted octanol–water partition coefficient (Wildman–Crippen LogP) is 3.71. The molecule has 0 unspecified atom stereocenters. The van der Waals surface area contributed by atoms with Crippen LogP contribution in [0.3, 0.4) is 0 Å². The average Bonchev–Trinajstić information content (AvgIpc) is 2.89. The number of benzene rings is 2. The van der Waals surface area contributed by atoms with Gasteiger partial charge in [-0.25, -0.2) is 9.59 Å². The van der Waals surface area contributed by atoms with Crippen LogP contribution in [0.1, 0.15) is 11.1 Å². The summed E-state index contributed by atoms with van der Waals surface area (Å²) in [4.78, 5) is 21.5. The van der Waals surface area contributed by atoms with Gasteiger partial charge in [-0.1, -0.05) is 0 Å². The molecule has 0 radical (unpaired) electrons. The van der Waals surface area contributed by atoms with Crippen LogP contribution in [0.25, 0.3) is 12.2 Å². The molecule has 0 bridgehead atoms. The molecule has 0 aliphatic heterocycles. The lowest BCUT2D eigenvalue weighted by molar-refractivity contribution is -0.135. The van der Waals surface area contributed by atoms with Crippen molar-refractivity contribution in [3.05, 3.63) is 47.5 Å². The topological polar surface area (TPSA) is 119 Å². The molecule has 0 aliphatic rings. The fraction of sp³-hybridized carbons (Fsp3) is 0.280. The number of methoxy groups -OCH3 is 7. The molecule has 0 aliphatic carbocycles. The molecule has 0 aromatic heterocycles. The van der Waals surface area contributed by atoms with Gasteiger partial charge in [0.1, 0.15) is 0 Å². The lowest BCUT2D eigenvalue weighted by atomic mass is 10.1. The van der Waals surface area contributed by atoms with E-state index < -0.39 is 11.9 Å². The first kappa shape index (κ1) is 28.7. The zero-order valence-electron chi connectivity index (χ0n) is 20.7. The Morgan fingerprint density at radius 1 is 0.600 bits per heavy atom. The highest BCUT2D eigenvalue weighted by molar-refractivity contribution is 5.87. The summed E-state index contributed by atoms with van der Waals surface area (Å²) in [5, 5.41) is 8.55. The van der Waals surface area contributed by atoms with Gasteiger partial charge in [-0.2, -0.15) is 0 Å². The molecule has 0 atom stereocenters. The van der Waals surface area contributed by atoms with E-state index in [0.29, 0.717) is 40.1 Å². The maximum absolute atomic E-state index is 11.0. The first-order chi connectivity index (χ1) is 16.8. The van der Waals surface area contributed by atoms with Crippen LogP contribution < -0.4 is 28.4 Å². The SMILES string of the molecule is COC(=O)/C=C/c1cc(OC)c(OC)c(OC)c1.COc1cc(/C=C/C(=O)O)cc(OC)c1OC. The quantitative estimate of drug-likeness (QED) is 0.390. The summed E-state index contributed by atoms with van der Waals surface area (Å²) in [5.41, 5.74) is 1.40. The Morgan fingerprint density at radius 3 is 1.20 bits per heavy atom. The number of aliphatic carboxylic acids is 1. The second-order valence-corrected chi connectivity index (χ2v) is 6.45. The zero-order valence-corrected chi connectivity index (χ0v) is 20.7. The molecule has 2 aromatic carbocycles. The number of carbonyl (C=O) groups is 2. The fourth-order valence-electron chi connectivity index (χ4n) is 2.80. The number of hydrogen-bond acceptors (Lipinski definition) is 9. The molecule has 0 saturated heterocycles. The van der Waals surface area contributed by atoms with E-state index >= 15 is 0 Å². The largest absolute Gasteiger partial charge is 0.493 e. The van der Waals surface area contributed by atoms with E-state index in [1.807, 2.05) is 0 Å². The van der Waals surface area contributed by atoms with E-state index in [9.17, 15) is 9.59 Å². The van der Waals surface area contributed by atoms with Crippen molar-refractivity contribution in [1.29, 1.82) is 0 Å². The third kappa shape index (κ3) is 8.50. The van der Waals surface area contributed by atoms with Crippen molar-refractivity contribution in [2.75, 3.05) is 49.8 Å². The van der Waals surface area contributed by atoms with E-state index in [2.05, 4.69) is 4.74 Å². The number of esters is 1. The van der Waals surface area contributed by atoms with E-state index in [0.717, 1.165) is 11.6 Å². The molecule has 10 nitrogen and oxygen atoms in total. The number of carbonyl (C=O) groups excluding carboxylic acids is 1. The van der Waals surface area contributed by atoms with Gasteiger partial charge >= 0.3 is 11.9 Å². The van der Waals surface area contributed by atoms with Crippen LogP contribution >= 0.6 is 0 Å². The van der Waals surface area contributed by atoms with Gasteiger partial charge in [0.25, 0.3) is 0 Å². The number of ether oxygens (including phenoxy) is 7. The maximum atomic E-state index is 11.0. The minimum Gasteiger partial charge on any atom is -0.493 e. The molecule has 0 amide bonds. The van der Waals surface area contributed by atoms with E-state index in [1.165, 1.54) is 61.9 Å². The number of carboxylic acids is 1. The van der Waals surface area contributed by atoms with Gasteiger partial charge in [-0.05, 0) is 47.5 Å². The van der Waals surface area contributed by atoms with Crippen molar-refractivity contribution in [3.8, 4) is 34.5 Å². The molecule has 0 spiro atoms. The molecular weight excluding hydrogens is 460 g/mol. The van der Waals surface area contributed by atoms with Crippen molar-refractivity contribution >= 4 is 24.1 Å². The van der Waals surface area contributed by atoms with Crippen LogP contribution in [-0.4, -0.2) is 66.8 Å². The van der Waals surface area contributed by atoms with Crippen molar-refractivity contribution in [3.63, 3.8) is 0 Å². The van der Waals surface area contributed by atoms with Crippen molar-refractivity contribution < 1.29 is 47.9 Å². The minimum absolute atomic E-state index is 0.427. The fourth-order valence-corrected chi connectivity index (χ4v) is 2.80. The summed E-state index contributed by atoms with van der Waals surface area (Å²) >= 11 is 0. The Hall–Kier alpha value is -4.34. The van der Waals surface area contributed by atoms with Gasteiger partial charge in [-0.3, -0.25) is 0 Å². The molecular formula is C25H30O10. The molecule has 10 heteroatoms. The van der Waals surface area contributed by atoms with Gasteiger partial charge in [0.2, 0.25) is 11.5 Å². The average molecular weight is 491 g/mol. The molecule has 0 fully saturated rings. The number of rotatable bonds is 10. The molecule has 35 heavy (non-hydrogen) atoms. The van der Waals surface area contributed by atoms with Crippen molar-refractivity contribution in [2.24, 2.45) is 0 Å². The normalized spacial score (nSPS) is 10.3. The lowest BCUT2D eigenvalue weighted by Gasteiger charge is -2.12. The summed E-state index contributed by atoms with van der Waals surface area (Å²) in [6.45, 7) is 0. The summed E-state index contributed by atoms with van der Waals surface area (Å²) in [7, 11) is 10.4. The standard InChI is InChI=1S/C13H16O5.C12H14O5/c1-15-10-7-9(5-6-12(14)17-3)8-11(16-2)13(10)18-4;1-15-9-6-8(4-5-11(13)14)7-10(16-2)12(9)17-3/h5-8H,1-4H3;4-7H,1-3H3,(H,13,14)/b6-5+;5-4+. The maximum Gasteiger partial charge on any atom is 0.330 e. The third-order valence-electron chi connectivity index (χ3n) is 4.41. The Bertz CT molecular complexity index is 1010. The molecule has 2 aromatic rings. The van der Waals surface area contributed by atoms with E-state index in [4.69, 9.17) is 33.5 Å². The number of hydrogen-bond donors (Lipinski definition) is 1. The summed E-state index contributed by atoms with van der Waals surface area (Å²) < 4.78 is 35.5. The van der Waals surface area contributed by atoms with E-state index in [1.54, 1.807) is 30.3 Å². The van der Waals surface area contributed by atoms with Crippen molar-refractivity contribution in [2.45, 2.75) is 0 Å². The molecule has 0 saturated carbocycles. The van der Waals surface area contributed by atoms with Crippen LogP contribution in [0.2, 0.25) is 0 Å². The monoisotopic (exact) mass is 490 g/mol. The van der Waals surface area contributed by atoms with Gasteiger partial charge in [0, 0.05) is 12.2 Å². The lowest BCUT2D eigenvalue weighted by Crippen LogP contribution is -1.96. The smallest absolute Gasteiger partial charge is 0.330 e. The molecule has 190 valence electrons. The number of carboxylic acid groups (broad SMARTS) is 1. The van der Waals surface area contributed by atoms with Crippen LogP contribution in [0.15, 0.2) is 36.4 Å². The van der Waals surface area contributed by atoms with Crippen LogP contribution in [0, 0.1) is 0 Å².